The van der Waals surface area contributed by atoms with Gasteiger partial charge in [0.15, 0.2) is 0 Å². The first-order chi connectivity index (χ1) is 13.3. The van der Waals surface area contributed by atoms with Crippen molar-refractivity contribution in [3.63, 3.8) is 0 Å². The molecule has 1 fully saturated rings. The van der Waals surface area contributed by atoms with Crippen molar-refractivity contribution in [1.29, 1.82) is 0 Å². The van der Waals surface area contributed by atoms with Crippen molar-refractivity contribution in [1.82, 2.24) is 4.90 Å². The largest absolute Gasteiger partial charge is 0.460 e. The molecule has 0 bridgehead atoms. The van der Waals surface area contributed by atoms with E-state index in [1.807, 2.05) is 6.07 Å². The van der Waals surface area contributed by atoms with Gasteiger partial charge in [0.25, 0.3) is 6.47 Å². The Hall–Kier alpha value is -2.13. The summed E-state index contributed by atoms with van der Waals surface area (Å²) in [5.74, 6) is 0. The first kappa shape index (κ1) is 18.2. The molecule has 0 N–H and O–H groups in total. The second-order valence-corrected chi connectivity index (χ2v) is 7.89. The normalized spacial score (nSPS) is 18.8. The molecule has 27 heavy (non-hydrogen) atoms. The maximum atomic E-state index is 11.1. The predicted molar refractivity (Wildman–Crippen MR) is 108 cm³/mol. The zero-order chi connectivity index (χ0) is 18.5. The lowest BCUT2D eigenvalue weighted by Crippen LogP contribution is -2.41. The molecule has 1 saturated carbocycles. The molecule has 0 saturated heterocycles. The van der Waals surface area contributed by atoms with Crippen molar-refractivity contribution in [3.05, 3.63) is 70.8 Å². The summed E-state index contributed by atoms with van der Waals surface area (Å²) >= 11 is 0. The Morgan fingerprint density at radius 2 is 1.81 bits per heavy atom. The number of nitrogens with zero attached hydrogens (tertiary/aromatic N) is 1. The van der Waals surface area contributed by atoms with Crippen LogP contribution >= 0.6 is 0 Å². The van der Waals surface area contributed by atoms with E-state index in [4.69, 9.17) is 4.74 Å². The molecule has 0 spiro atoms. The van der Waals surface area contributed by atoms with Crippen LogP contribution in [0.2, 0.25) is 0 Å². The predicted octanol–water partition coefficient (Wildman–Crippen LogP) is 4.49. The van der Waals surface area contributed by atoms with Crippen LogP contribution in [0.5, 0.6) is 0 Å². The van der Waals surface area contributed by atoms with E-state index in [1.54, 1.807) is 0 Å². The molecule has 1 heterocycles. The maximum absolute atomic E-state index is 11.1. The number of rotatable bonds is 7. The van der Waals surface area contributed by atoms with Gasteiger partial charge in [-0.3, -0.25) is 9.69 Å². The number of carbonyl (C=O) groups excluding carboxylic acids is 1. The topological polar surface area (TPSA) is 29.5 Å². The lowest BCUT2D eigenvalue weighted by Gasteiger charge is -2.36. The minimum Gasteiger partial charge on any atom is -0.460 e. The summed E-state index contributed by atoms with van der Waals surface area (Å²) in [6, 6.07) is 17.9. The molecule has 142 valence electrons. The third-order valence-electron chi connectivity index (χ3n) is 6.29. The minimum atomic E-state index is -0.168. The molecule has 0 radical (unpaired) electrons. The molecule has 4 rings (SSSR count). The van der Waals surface area contributed by atoms with Gasteiger partial charge in [0.1, 0.15) is 6.10 Å². The zero-order valence-corrected chi connectivity index (χ0v) is 16.0. The summed E-state index contributed by atoms with van der Waals surface area (Å²) in [6.45, 7) is 2.93. The Bertz CT molecular complexity index is 754. The number of ether oxygens (including phenoxy) is 1. The van der Waals surface area contributed by atoms with E-state index in [0.29, 0.717) is 6.47 Å². The van der Waals surface area contributed by atoms with E-state index in [0.717, 1.165) is 43.8 Å². The van der Waals surface area contributed by atoms with Gasteiger partial charge in [-0.1, -0.05) is 55.0 Å². The third kappa shape index (κ3) is 4.41. The molecule has 1 aliphatic heterocycles. The van der Waals surface area contributed by atoms with Crippen LogP contribution in [0.4, 0.5) is 0 Å². The fourth-order valence-electron chi connectivity index (χ4n) is 4.40. The monoisotopic (exact) mass is 363 g/mol. The molecular formula is C24H29NO2. The van der Waals surface area contributed by atoms with E-state index in [9.17, 15) is 4.79 Å². The molecule has 2 aliphatic rings. The van der Waals surface area contributed by atoms with Crippen LogP contribution in [-0.2, 0) is 28.8 Å². The van der Waals surface area contributed by atoms with Gasteiger partial charge in [-0.2, -0.15) is 0 Å². The molecule has 0 amide bonds. The van der Waals surface area contributed by atoms with Crippen molar-refractivity contribution >= 4 is 6.47 Å². The highest BCUT2D eigenvalue weighted by Crippen LogP contribution is 2.30. The average Bonchev–Trinajstić information content (AvgIpc) is 2.87. The van der Waals surface area contributed by atoms with Crippen molar-refractivity contribution in [2.24, 2.45) is 0 Å². The summed E-state index contributed by atoms with van der Waals surface area (Å²) in [6.07, 6.45) is 7.93. The van der Waals surface area contributed by atoms with Gasteiger partial charge in [0.2, 0.25) is 0 Å². The van der Waals surface area contributed by atoms with Crippen LogP contribution < -0.4 is 0 Å². The number of hydrogen-bond donors (Lipinski definition) is 0. The van der Waals surface area contributed by atoms with Gasteiger partial charge in [0, 0.05) is 19.1 Å². The van der Waals surface area contributed by atoms with Crippen LogP contribution in [-0.4, -0.2) is 30.5 Å². The Labute approximate surface area is 162 Å². The van der Waals surface area contributed by atoms with Crippen molar-refractivity contribution in [3.8, 4) is 0 Å². The molecule has 0 aromatic heterocycles. The van der Waals surface area contributed by atoms with Gasteiger partial charge < -0.3 is 4.74 Å². The number of fused-ring (bicyclic) bond motifs is 1. The van der Waals surface area contributed by atoms with Crippen LogP contribution in [0, 0.1) is 0 Å². The molecule has 1 aliphatic carbocycles. The van der Waals surface area contributed by atoms with Crippen LogP contribution in [0.1, 0.15) is 54.0 Å². The van der Waals surface area contributed by atoms with Crippen LogP contribution in [0.15, 0.2) is 48.5 Å². The smallest absolute Gasteiger partial charge is 0.293 e. The minimum absolute atomic E-state index is 0.168. The van der Waals surface area contributed by atoms with Gasteiger partial charge in [-0.15, -0.1) is 0 Å². The number of benzene rings is 2. The first-order valence-corrected chi connectivity index (χ1v) is 10.3. The maximum Gasteiger partial charge on any atom is 0.293 e. The number of carbonyl (C=O) groups is 1. The standard InChI is InChI=1S/C24H29NO2/c26-18-27-24(12-9-19-5-2-1-3-6-19)22-11-10-20-13-15-25(23-7-4-8-23)16-14-21(20)17-22/h1-3,5-6,10-11,17-18,23-24H,4,7-9,12-16H2. The first-order valence-electron chi connectivity index (χ1n) is 10.3. The fraction of sp³-hybridized carbons (Fsp3) is 0.458. The Morgan fingerprint density at radius 3 is 2.52 bits per heavy atom. The highest BCUT2D eigenvalue weighted by atomic mass is 16.5. The molecule has 1 atom stereocenters. The van der Waals surface area contributed by atoms with Crippen LogP contribution in [0.3, 0.4) is 0 Å². The zero-order valence-electron chi connectivity index (χ0n) is 16.0. The third-order valence-corrected chi connectivity index (χ3v) is 6.29. The van der Waals surface area contributed by atoms with Gasteiger partial charge in [0.05, 0.1) is 0 Å². The highest BCUT2D eigenvalue weighted by Gasteiger charge is 2.26. The summed E-state index contributed by atoms with van der Waals surface area (Å²) in [5.41, 5.74) is 5.32. The summed E-state index contributed by atoms with van der Waals surface area (Å²) < 4.78 is 5.47. The van der Waals surface area contributed by atoms with E-state index in [1.165, 1.54) is 42.5 Å². The quantitative estimate of drug-likeness (QED) is 0.679. The van der Waals surface area contributed by atoms with Gasteiger partial charge in [-0.05, 0) is 60.8 Å². The van der Waals surface area contributed by atoms with Crippen molar-refractivity contribution in [2.45, 2.75) is 57.1 Å². The SMILES string of the molecule is O=COC(CCc1ccccc1)c1ccc2c(c1)CCN(C1CCC1)CC2. The van der Waals surface area contributed by atoms with Crippen molar-refractivity contribution < 1.29 is 9.53 Å². The average molecular weight is 364 g/mol. The van der Waals surface area contributed by atoms with Gasteiger partial charge >= 0.3 is 0 Å². The van der Waals surface area contributed by atoms with E-state index in [2.05, 4.69) is 47.4 Å². The Balaban J connectivity index is 1.45. The van der Waals surface area contributed by atoms with E-state index >= 15 is 0 Å². The second kappa shape index (κ2) is 8.71. The Morgan fingerprint density at radius 1 is 1.04 bits per heavy atom. The molecule has 1 unspecified atom stereocenters. The van der Waals surface area contributed by atoms with Crippen molar-refractivity contribution in [2.75, 3.05) is 13.1 Å². The van der Waals surface area contributed by atoms with E-state index in [-0.39, 0.29) is 6.10 Å². The van der Waals surface area contributed by atoms with E-state index < -0.39 is 0 Å². The molecule has 2 aromatic carbocycles. The highest BCUT2D eigenvalue weighted by molar-refractivity contribution is 5.40. The summed E-state index contributed by atoms with van der Waals surface area (Å²) in [4.78, 5) is 13.8. The number of hydrogen-bond acceptors (Lipinski definition) is 3. The number of aryl methyl sites for hydroxylation is 1. The van der Waals surface area contributed by atoms with Gasteiger partial charge in [-0.25, -0.2) is 0 Å². The lowest BCUT2D eigenvalue weighted by atomic mass is 9.91. The second-order valence-electron chi connectivity index (χ2n) is 7.89. The lowest BCUT2D eigenvalue weighted by molar-refractivity contribution is -0.134. The molecule has 3 nitrogen and oxygen atoms in total. The molecule has 3 heteroatoms. The Kier molecular flexibility index (Phi) is 5.88. The summed E-state index contributed by atoms with van der Waals surface area (Å²) in [5, 5.41) is 0. The summed E-state index contributed by atoms with van der Waals surface area (Å²) in [7, 11) is 0. The molecular weight excluding hydrogens is 334 g/mol. The molecule has 2 aromatic rings. The van der Waals surface area contributed by atoms with Crippen LogP contribution in [0.25, 0.3) is 0 Å². The fourth-order valence-corrected chi connectivity index (χ4v) is 4.40.